The van der Waals surface area contributed by atoms with Crippen molar-refractivity contribution in [1.82, 2.24) is 10.3 Å². The first kappa shape index (κ1) is 14.1. The second-order valence-corrected chi connectivity index (χ2v) is 4.96. The topological polar surface area (TPSA) is 37.0 Å². The van der Waals surface area contributed by atoms with E-state index in [0.717, 1.165) is 5.56 Å². The van der Waals surface area contributed by atoms with Crippen LogP contribution in [0.2, 0.25) is 10.0 Å². The van der Waals surface area contributed by atoms with Crippen molar-refractivity contribution in [2.75, 3.05) is 5.32 Å². The molecular weight excluding hydrogens is 301 g/mol. The van der Waals surface area contributed by atoms with Crippen molar-refractivity contribution in [3.63, 3.8) is 0 Å². The Balaban J connectivity index is 1.93. The average Bonchev–Trinajstić information content (AvgIpc) is 2.43. The van der Waals surface area contributed by atoms with Gasteiger partial charge in [-0.3, -0.25) is 4.98 Å². The van der Waals surface area contributed by atoms with Crippen LogP contribution < -0.4 is 10.6 Å². The summed E-state index contributed by atoms with van der Waals surface area (Å²) >= 11 is 17.2. The van der Waals surface area contributed by atoms with Gasteiger partial charge in [-0.25, -0.2) is 0 Å². The Morgan fingerprint density at radius 2 is 1.89 bits per heavy atom. The quantitative estimate of drug-likeness (QED) is 0.844. The summed E-state index contributed by atoms with van der Waals surface area (Å²) in [6, 6.07) is 9.18. The predicted octanol–water partition coefficient (Wildman–Crippen LogP) is 3.88. The second kappa shape index (κ2) is 6.70. The van der Waals surface area contributed by atoms with E-state index < -0.39 is 0 Å². The molecule has 0 aliphatic heterocycles. The van der Waals surface area contributed by atoms with Crippen LogP contribution in [-0.2, 0) is 6.54 Å². The average molecular weight is 312 g/mol. The van der Waals surface area contributed by atoms with Gasteiger partial charge in [0, 0.05) is 18.9 Å². The third-order valence-electron chi connectivity index (χ3n) is 2.40. The van der Waals surface area contributed by atoms with Crippen molar-refractivity contribution in [1.29, 1.82) is 0 Å². The summed E-state index contributed by atoms with van der Waals surface area (Å²) in [5, 5.41) is 7.53. The van der Waals surface area contributed by atoms with E-state index in [0.29, 0.717) is 27.4 Å². The monoisotopic (exact) mass is 311 g/mol. The van der Waals surface area contributed by atoms with Crippen LogP contribution in [0.3, 0.4) is 0 Å². The van der Waals surface area contributed by atoms with Gasteiger partial charge in [0.25, 0.3) is 0 Å². The number of halogens is 2. The van der Waals surface area contributed by atoms with E-state index in [4.69, 9.17) is 35.4 Å². The Hall–Kier alpha value is -1.36. The fourth-order valence-electron chi connectivity index (χ4n) is 1.45. The Kier molecular flexibility index (Phi) is 4.96. The number of aromatic nitrogens is 1. The Morgan fingerprint density at radius 3 is 2.63 bits per heavy atom. The zero-order chi connectivity index (χ0) is 13.7. The van der Waals surface area contributed by atoms with Crippen molar-refractivity contribution in [3.05, 3.63) is 58.3 Å². The number of benzene rings is 1. The molecule has 2 aromatic rings. The van der Waals surface area contributed by atoms with Crippen molar-refractivity contribution < 1.29 is 0 Å². The number of hydrogen-bond donors (Lipinski definition) is 2. The zero-order valence-electron chi connectivity index (χ0n) is 9.86. The molecule has 3 nitrogen and oxygen atoms in total. The number of thiocarbonyl (C=S) groups is 1. The molecule has 2 N–H and O–H groups in total. The molecule has 0 saturated carbocycles. The van der Waals surface area contributed by atoms with Crippen LogP contribution in [0, 0.1) is 0 Å². The van der Waals surface area contributed by atoms with Gasteiger partial charge in [0.1, 0.15) is 0 Å². The number of nitrogens with zero attached hydrogens (tertiary/aromatic N) is 1. The van der Waals surface area contributed by atoms with Crippen LogP contribution in [0.5, 0.6) is 0 Å². The largest absolute Gasteiger partial charge is 0.358 e. The summed E-state index contributed by atoms with van der Waals surface area (Å²) in [5.74, 6) is 0. The molecule has 2 rings (SSSR count). The summed E-state index contributed by atoms with van der Waals surface area (Å²) in [6.45, 7) is 0.618. The number of pyridine rings is 1. The minimum absolute atomic E-state index is 0.456. The number of hydrogen-bond acceptors (Lipinski definition) is 2. The molecule has 1 heterocycles. The lowest BCUT2D eigenvalue weighted by Crippen LogP contribution is -2.28. The van der Waals surface area contributed by atoms with Crippen LogP contribution in [0.15, 0.2) is 42.7 Å². The maximum atomic E-state index is 6.06. The Labute approximate surface area is 127 Å². The maximum absolute atomic E-state index is 6.06. The van der Waals surface area contributed by atoms with Crippen LogP contribution >= 0.6 is 35.4 Å². The fraction of sp³-hybridized carbons (Fsp3) is 0.0769. The molecule has 0 fully saturated rings. The van der Waals surface area contributed by atoms with Gasteiger partial charge in [-0.15, -0.1) is 0 Å². The highest BCUT2D eigenvalue weighted by Gasteiger charge is 2.05. The first-order chi connectivity index (χ1) is 9.16. The van der Waals surface area contributed by atoms with E-state index in [1.807, 2.05) is 24.3 Å². The molecule has 0 amide bonds. The van der Waals surface area contributed by atoms with E-state index >= 15 is 0 Å². The fourth-order valence-corrected chi connectivity index (χ4v) is 1.98. The zero-order valence-corrected chi connectivity index (χ0v) is 12.2. The predicted molar refractivity (Wildman–Crippen MR) is 83.8 cm³/mol. The molecule has 6 heteroatoms. The molecule has 19 heavy (non-hydrogen) atoms. The molecule has 1 aromatic carbocycles. The molecule has 0 bridgehead atoms. The third kappa shape index (κ3) is 4.06. The van der Waals surface area contributed by atoms with Crippen molar-refractivity contribution in [2.24, 2.45) is 0 Å². The summed E-state index contributed by atoms with van der Waals surface area (Å²) in [5.41, 5.74) is 1.78. The first-order valence-corrected chi connectivity index (χ1v) is 6.71. The van der Waals surface area contributed by atoms with Gasteiger partial charge in [0.15, 0.2) is 5.11 Å². The molecule has 1 aromatic heterocycles. The van der Waals surface area contributed by atoms with Gasteiger partial charge in [-0.05, 0) is 42.0 Å². The number of nitrogens with one attached hydrogen (secondary N) is 2. The van der Waals surface area contributed by atoms with Crippen molar-refractivity contribution in [3.8, 4) is 0 Å². The van der Waals surface area contributed by atoms with Crippen molar-refractivity contribution in [2.45, 2.75) is 6.54 Å². The normalized spacial score (nSPS) is 10.0. The second-order valence-electron chi connectivity index (χ2n) is 3.76. The highest BCUT2D eigenvalue weighted by atomic mass is 35.5. The lowest BCUT2D eigenvalue weighted by Gasteiger charge is -2.12. The van der Waals surface area contributed by atoms with E-state index in [9.17, 15) is 0 Å². The summed E-state index contributed by atoms with van der Waals surface area (Å²) in [6.07, 6.45) is 3.47. The van der Waals surface area contributed by atoms with Gasteiger partial charge in [0.2, 0.25) is 0 Å². The lowest BCUT2D eigenvalue weighted by atomic mass is 10.3. The van der Waals surface area contributed by atoms with E-state index in [1.165, 1.54) is 0 Å². The van der Waals surface area contributed by atoms with E-state index in [2.05, 4.69) is 15.6 Å². The van der Waals surface area contributed by atoms with Gasteiger partial charge in [-0.1, -0.05) is 29.3 Å². The minimum Gasteiger partial charge on any atom is -0.358 e. The molecule has 0 radical (unpaired) electrons. The van der Waals surface area contributed by atoms with Crippen molar-refractivity contribution >= 4 is 46.2 Å². The smallest absolute Gasteiger partial charge is 0.171 e. The molecule has 0 spiro atoms. The minimum atomic E-state index is 0.456. The molecule has 98 valence electrons. The van der Waals surface area contributed by atoms with Gasteiger partial charge < -0.3 is 10.6 Å². The summed E-state index contributed by atoms with van der Waals surface area (Å²) in [4.78, 5) is 3.95. The lowest BCUT2D eigenvalue weighted by molar-refractivity contribution is 0.921. The van der Waals surface area contributed by atoms with E-state index in [1.54, 1.807) is 18.5 Å². The molecule has 0 atom stereocenters. The first-order valence-electron chi connectivity index (χ1n) is 5.54. The molecule has 0 aliphatic rings. The van der Waals surface area contributed by atoms with Crippen LogP contribution in [0.4, 0.5) is 5.69 Å². The Morgan fingerprint density at radius 1 is 1.16 bits per heavy atom. The van der Waals surface area contributed by atoms with Gasteiger partial charge in [0.05, 0.1) is 15.7 Å². The number of rotatable bonds is 3. The standard InChI is InChI=1S/C13H11Cl2N3S/c14-10-2-1-3-11(12(10)15)18-13(19)17-8-9-4-6-16-7-5-9/h1-7H,8H2,(H2,17,18,19). The highest BCUT2D eigenvalue weighted by molar-refractivity contribution is 7.80. The molecule has 0 saturated heterocycles. The maximum Gasteiger partial charge on any atom is 0.171 e. The highest BCUT2D eigenvalue weighted by Crippen LogP contribution is 2.29. The molecule has 0 aliphatic carbocycles. The van der Waals surface area contributed by atoms with Crippen LogP contribution in [0.1, 0.15) is 5.56 Å². The van der Waals surface area contributed by atoms with Crippen LogP contribution in [-0.4, -0.2) is 10.1 Å². The molecule has 0 unspecified atom stereocenters. The SMILES string of the molecule is S=C(NCc1ccncc1)Nc1cccc(Cl)c1Cl. The van der Waals surface area contributed by atoms with Crippen LogP contribution in [0.25, 0.3) is 0 Å². The summed E-state index contributed by atoms with van der Waals surface area (Å²) in [7, 11) is 0. The van der Waals surface area contributed by atoms with Gasteiger partial charge in [-0.2, -0.15) is 0 Å². The van der Waals surface area contributed by atoms with E-state index in [-0.39, 0.29) is 0 Å². The molecular formula is C13H11Cl2N3S. The summed E-state index contributed by atoms with van der Waals surface area (Å²) < 4.78 is 0. The number of anilines is 1. The third-order valence-corrected chi connectivity index (χ3v) is 3.47. The Bertz CT molecular complexity index is 575. The van der Waals surface area contributed by atoms with Gasteiger partial charge >= 0.3 is 0 Å².